The van der Waals surface area contributed by atoms with E-state index in [-0.39, 0.29) is 11.4 Å². The van der Waals surface area contributed by atoms with Crippen LogP contribution in [0.25, 0.3) is 10.8 Å². The maximum atomic E-state index is 12.5. The SMILES string of the molecule is O=S(=O)(NCc1ccccn1)c1ccc2ccccc2c1Br. The monoisotopic (exact) mass is 376 g/mol. The molecule has 3 rings (SSSR count). The number of halogens is 1. The minimum absolute atomic E-state index is 0.155. The predicted molar refractivity (Wildman–Crippen MR) is 89.9 cm³/mol. The molecule has 0 spiro atoms. The van der Waals surface area contributed by atoms with E-state index in [2.05, 4.69) is 25.6 Å². The fourth-order valence-electron chi connectivity index (χ4n) is 2.17. The lowest BCUT2D eigenvalue weighted by Gasteiger charge is -2.10. The molecule has 0 saturated heterocycles. The maximum absolute atomic E-state index is 12.5. The van der Waals surface area contributed by atoms with Crippen LogP contribution >= 0.6 is 15.9 Å². The minimum Gasteiger partial charge on any atom is -0.260 e. The van der Waals surface area contributed by atoms with E-state index < -0.39 is 10.0 Å². The number of pyridine rings is 1. The average Bonchev–Trinajstić information content (AvgIpc) is 2.54. The molecule has 0 aliphatic carbocycles. The molecule has 0 aliphatic heterocycles. The Bertz CT molecular complexity index is 912. The summed E-state index contributed by atoms with van der Waals surface area (Å²) in [4.78, 5) is 4.33. The summed E-state index contributed by atoms with van der Waals surface area (Å²) in [5, 5.41) is 1.85. The normalized spacial score (nSPS) is 11.7. The molecule has 0 fully saturated rings. The van der Waals surface area contributed by atoms with Crippen LogP contribution < -0.4 is 4.72 Å². The van der Waals surface area contributed by atoms with Gasteiger partial charge >= 0.3 is 0 Å². The second-order valence-electron chi connectivity index (χ2n) is 4.74. The largest absolute Gasteiger partial charge is 0.260 e. The number of aromatic nitrogens is 1. The third-order valence-electron chi connectivity index (χ3n) is 3.29. The van der Waals surface area contributed by atoms with Gasteiger partial charge in [0.25, 0.3) is 0 Å². The second-order valence-corrected chi connectivity index (χ2v) is 7.27. The number of hydrogen-bond acceptors (Lipinski definition) is 3. The van der Waals surface area contributed by atoms with Crippen LogP contribution in [0.2, 0.25) is 0 Å². The highest BCUT2D eigenvalue weighted by atomic mass is 79.9. The molecule has 2 aromatic carbocycles. The molecule has 6 heteroatoms. The van der Waals surface area contributed by atoms with Crippen LogP contribution in [0.4, 0.5) is 0 Å². The van der Waals surface area contributed by atoms with Gasteiger partial charge < -0.3 is 0 Å². The van der Waals surface area contributed by atoms with Crippen LogP contribution in [0.3, 0.4) is 0 Å². The molecule has 0 saturated carbocycles. The van der Waals surface area contributed by atoms with Gasteiger partial charge in [0.2, 0.25) is 10.0 Å². The van der Waals surface area contributed by atoms with Crippen molar-refractivity contribution in [3.05, 3.63) is 71.0 Å². The van der Waals surface area contributed by atoms with Crippen molar-refractivity contribution >= 4 is 36.7 Å². The third kappa shape index (κ3) is 3.04. The maximum Gasteiger partial charge on any atom is 0.242 e. The first kappa shape index (κ1) is 15.1. The number of fused-ring (bicyclic) bond motifs is 1. The van der Waals surface area contributed by atoms with Gasteiger partial charge in [0.1, 0.15) is 0 Å². The molecule has 0 amide bonds. The number of rotatable bonds is 4. The molecule has 1 heterocycles. The van der Waals surface area contributed by atoms with Crippen molar-refractivity contribution in [2.45, 2.75) is 11.4 Å². The van der Waals surface area contributed by atoms with E-state index in [4.69, 9.17) is 0 Å². The average molecular weight is 377 g/mol. The van der Waals surface area contributed by atoms with Crippen molar-refractivity contribution in [3.63, 3.8) is 0 Å². The summed E-state index contributed by atoms with van der Waals surface area (Å²) in [6.07, 6.45) is 1.63. The summed E-state index contributed by atoms with van der Waals surface area (Å²) >= 11 is 3.41. The summed E-state index contributed by atoms with van der Waals surface area (Å²) < 4.78 is 28.1. The Morgan fingerprint density at radius 2 is 1.77 bits per heavy atom. The van der Waals surface area contributed by atoms with Crippen molar-refractivity contribution < 1.29 is 8.42 Å². The smallest absolute Gasteiger partial charge is 0.242 e. The highest BCUT2D eigenvalue weighted by Crippen LogP contribution is 2.30. The number of sulfonamides is 1. The lowest BCUT2D eigenvalue weighted by molar-refractivity contribution is 0.580. The highest BCUT2D eigenvalue weighted by molar-refractivity contribution is 9.10. The summed E-state index contributed by atoms with van der Waals surface area (Å²) in [5.41, 5.74) is 0.669. The van der Waals surface area contributed by atoms with Crippen molar-refractivity contribution in [2.24, 2.45) is 0 Å². The summed E-state index contributed by atoms with van der Waals surface area (Å²) in [6.45, 7) is 0.155. The lowest BCUT2D eigenvalue weighted by Crippen LogP contribution is -2.24. The molecule has 4 nitrogen and oxygen atoms in total. The Balaban J connectivity index is 1.94. The van der Waals surface area contributed by atoms with E-state index in [1.165, 1.54) is 0 Å². The molecule has 112 valence electrons. The molecule has 0 unspecified atom stereocenters. The first-order valence-electron chi connectivity index (χ1n) is 6.65. The Labute approximate surface area is 137 Å². The minimum atomic E-state index is -3.62. The predicted octanol–water partition coefficient (Wildman–Crippen LogP) is 3.48. The van der Waals surface area contributed by atoms with E-state index in [0.29, 0.717) is 10.2 Å². The van der Waals surface area contributed by atoms with E-state index >= 15 is 0 Å². The summed E-state index contributed by atoms with van der Waals surface area (Å²) in [7, 11) is -3.62. The first-order valence-corrected chi connectivity index (χ1v) is 8.92. The zero-order valence-electron chi connectivity index (χ0n) is 11.5. The molecular formula is C16H13BrN2O2S. The van der Waals surface area contributed by atoms with E-state index in [1.54, 1.807) is 30.5 Å². The van der Waals surface area contributed by atoms with Gasteiger partial charge in [0.15, 0.2) is 0 Å². The number of hydrogen-bond donors (Lipinski definition) is 1. The summed E-state index contributed by atoms with van der Waals surface area (Å²) in [5.74, 6) is 0. The van der Waals surface area contributed by atoms with Crippen LogP contribution in [-0.4, -0.2) is 13.4 Å². The molecule has 0 aliphatic rings. The second kappa shape index (κ2) is 6.16. The van der Waals surface area contributed by atoms with Crippen molar-refractivity contribution in [1.29, 1.82) is 0 Å². The number of benzene rings is 2. The highest BCUT2D eigenvalue weighted by Gasteiger charge is 2.19. The molecule has 1 aromatic heterocycles. The van der Waals surface area contributed by atoms with Gasteiger partial charge in [-0.15, -0.1) is 0 Å². The Kier molecular flexibility index (Phi) is 4.24. The fraction of sp³-hybridized carbons (Fsp3) is 0.0625. The van der Waals surface area contributed by atoms with Crippen LogP contribution in [0.15, 0.2) is 70.2 Å². The molecule has 0 atom stereocenters. The third-order valence-corrected chi connectivity index (χ3v) is 5.85. The van der Waals surface area contributed by atoms with Gasteiger partial charge in [0.05, 0.1) is 17.1 Å². The lowest BCUT2D eigenvalue weighted by atomic mass is 10.1. The van der Waals surface area contributed by atoms with E-state index in [9.17, 15) is 8.42 Å². The van der Waals surface area contributed by atoms with Gasteiger partial charge in [-0.1, -0.05) is 36.4 Å². The van der Waals surface area contributed by atoms with Crippen molar-refractivity contribution in [2.75, 3.05) is 0 Å². The molecule has 1 N–H and O–H groups in total. The first-order chi connectivity index (χ1) is 10.6. The van der Waals surface area contributed by atoms with Crippen LogP contribution in [0.1, 0.15) is 5.69 Å². The Hall–Kier alpha value is -1.76. The van der Waals surface area contributed by atoms with Crippen LogP contribution in [-0.2, 0) is 16.6 Å². The Morgan fingerprint density at radius 1 is 1.00 bits per heavy atom. The topological polar surface area (TPSA) is 59.1 Å². The van der Waals surface area contributed by atoms with Gasteiger partial charge in [-0.25, -0.2) is 13.1 Å². The zero-order chi connectivity index (χ0) is 15.6. The van der Waals surface area contributed by atoms with Gasteiger partial charge in [-0.2, -0.15) is 0 Å². The zero-order valence-corrected chi connectivity index (χ0v) is 13.9. The van der Waals surface area contributed by atoms with Crippen molar-refractivity contribution in [3.8, 4) is 0 Å². The van der Waals surface area contributed by atoms with Crippen LogP contribution in [0, 0.1) is 0 Å². The summed E-state index contributed by atoms with van der Waals surface area (Å²) in [6, 6.07) is 16.4. The quantitative estimate of drug-likeness (QED) is 0.758. The van der Waals surface area contributed by atoms with E-state index in [0.717, 1.165) is 10.8 Å². The molecule has 22 heavy (non-hydrogen) atoms. The van der Waals surface area contributed by atoms with Gasteiger partial charge in [-0.3, -0.25) is 4.98 Å². The molecule has 0 bridgehead atoms. The van der Waals surface area contributed by atoms with Crippen molar-refractivity contribution in [1.82, 2.24) is 9.71 Å². The Morgan fingerprint density at radius 3 is 2.55 bits per heavy atom. The number of nitrogens with one attached hydrogen (secondary N) is 1. The van der Waals surface area contributed by atoms with Gasteiger partial charge in [0, 0.05) is 10.7 Å². The molecular weight excluding hydrogens is 364 g/mol. The standard InChI is InChI=1S/C16H13BrN2O2S/c17-16-14-7-2-1-5-12(14)8-9-15(16)22(20,21)19-11-13-6-3-4-10-18-13/h1-10,19H,11H2. The van der Waals surface area contributed by atoms with E-state index in [1.807, 2.05) is 30.3 Å². The molecule has 0 radical (unpaired) electrons. The fourth-order valence-corrected chi connectivity index (χ4v) is 4.39. The number of nitrogens with zero attached hydrogens (tertiary/aromatic N) is 1. The molecule has 3 aromatic rings. The van der Waals surface area contributed by atoms with Crippen LogP contribution in [0.5, 0.6) is 0 Å². The van der Waals surface area contributed by atoms with Gasteiger partial charge in [-0.05, 0) is 44.9 Å².